The van der Waals surface area contributed by atoms with Gasteiger partial charge in [-0.25, -0.2) is 0 Å². The second-order valence-corrected chi connectivity index (χ2v) is 4.94. The van der Waals surface area contributed by atoms with Crippen LogP contribution in [0.2, 0.25) is 10.0 Å². The van der Waals surface area contributed by atoms with E-state index >= 15 is 0 Å². The van der Waals surface area contributed by atoms with Crippen LogP contribution in [0.25, 0.3) is 0 Å². The third kappa shape index (κ3) is 4.21. The van der Waals surface area contributed by atoms with Gasteiger partial charge in [-0.2, -0.15) is 0 Å². The quantitative estimate of drug-likeness (QED) is 0.676. The minimum atomic E-state index is -0.233. The molecule has 2 aromatic rings. The molecule has 0 bridgehead atoms. The molecule has 0 saturated heterocycles. The maximum Gasteiger partial charge on any atom is 0.255 e. The van der Waals surface area contributed by atoms with Gasteiger partial charge in [-0.05, 0) is 35.9 Å². The summed E-state index contributed by atoms with van der Waals surface area (Å²) in [5, 5.41) is 7.23. The molecule has 6 heteroatoms. The van der Waals surface area contributed by atoms with Crippen LogP contribution in [0.1, 0.15) is 15.9 Å². The third-order valence-electron chi connectivity index (χ3n) is 2.66. The van der Waals surface area contributed by atoms with E-state index in [1.54, 1.807) is 48.7 Å². The normalized spacial score (nSPS) is 10.6. The largest absolute Gasteiger partial charge is 0.399 e. The lowest BCUT2D eigenvalue weighted by Gasteiger charge is -2.06. The molecule has 0 heterocycles. The highest BCUT2D eigenvalue weighted by atomic mass is 35.5. The number of benzene rings is 2. The van der Waals surface area contributed by atoms with Crippen LogP contribution in [0, 0.1) is 0 Å². The molecule has 0 aliphatic rings. The minimum absolute atomic E-state index is 0.233. The summed E-state index contributed by atoms with van der Waals surface area (Å²) in [6, 6.07) is 11.9. The van der Waals surface area contributed by atoms with E-state index < -0.39 is 0 Å². The molecule has 0 atom stereocenters. The summed E-state index contributed by atoms with van der Waals surface area (Å²) in [5.74, 6) is -0.233. The average Bonchev–Trinajstić information content (AvgIpc) is 2.49. The number of anilines is 1. The van der Waals surface area contributed by atoms with E-state index in [2.05, 4.69) is 15.3 Å². The number of nitrogens with one attached hydrogen (secondary N) is 1. The number of oxime groups is 1. The van der Waals surface area contributed by atoms with Crippen molar-refractivity contribution in [2.24, 2.45) is 5.16 Å². The van der Waals surface area contributed by atoms with Crippen molar-refractivity contribution in [3.8, 4) is 0 Å². The summed E-state index contributed by atoms with van der Waals surface area (Å²) < 4.78 is 0. The molecule has 0 spiro atoms. The predicted octanol–water partition coefficient (Wildman–Crippen LogP) is 4.23. The Labute approximate surface area is 132 Å². The van der Waals surface area contributed by atoms with Crippen LogP contribution >= 0.6 is 23.2 Å². The van der Waals surface area contributed by atoms with Gasteiger partial charge in [-0.3, -0.25) is 4.79 Å². The standard InChI is InChI=1S/C15H12Cl2N2O2/c1-21-18-9-10-2-4-11(5-3-10)15(20)19-12-6-7-13(16)14(17)8-12/h2-9H,1H3,(H,19,20)/b18-9+. The second kappa shape index (κ2) is 7.11. The Morgan fingerprint density at radius 3 is 2.48 bits per heavy atom. The van der Waals surface area contributed by atoms with Crippen molar-refractivity contribution in [2.45, 2.75) is 0 Å². The molecule has 2 rings (SSSR count). The highest BCUT2D eigenvalue weighted by Gasteiger charge is 2.07. The molecule has 0 fully saturated rings. The van der Waals surface area contributed by atoms with Gasteiger partial charge in [0.2, 0.25) is 0 Å². The molecular formula is C15H12Cl2N2O2. The Balaban J connectivity index is 2.09. The fraction of sp³-hybridized carbons (Fsp3) is 0.0667. The summed E-state index contributed by atoms with van der Waals surface area (Å²) in [6.45, 7) is 0. The van der Waals surface area contributed by atoms with Crippen molar-refractivity contribution >= 4 is 41.0 Å². The summed E-state index contributed by atoms with van der Waals surface area (Å²) in [5.41, 5.74) is 1.94. The lowest BCUT2D eigenvalue weighted by molar-refractivity contribution is 0.102. The molecule has 0 saturated carbocycles. The summed E-state index contributed by atoms with van der Waals surface area (Å²) in [7, 11) is 1.47. The number of hydrogen-bond donors (Lipinski definition) is 1. The van der Waals surface area contributed by atoms with Gasteiger partial charge in [0.1, 0.15) is 7.11 Å². The Bertz CT molecular complexity index is 670. The third-order valence-corrected chi connectivity index (χ3v) is 3.40. The van der Waals surface area contributed by atoms with Crippen molar-refractivity contribution in [3.05, 3.63) is 63.6 Å². The predicted molar refractivity (Wildman–Crippen MR) is 85.5 cm³/mol. The number of rotatable bonds is 4. The van der Waals surface area contributed by atoms with E-state index in [0.29, 0.717) is 21.3 Å². The first-order valence-electron chi connectivity index (χ1n) is 6.03. The van der Waals surface area contributed by atoms with E-state index in [0.717, 1.165) is 5.56 Å². The summed E-state index contributed by atoms with van der Waals surface area (Å²) in [4.78, 5) is 16.7. The Kier molecular flexibility index (Phi) is 5.20. The van der Waals surface area contributed by atoms with Gasteiger partial charge in [-0.1, -0.05) is 40.5 Å². The van der Waals surface area contributed by atoms with Crippen molar-refractivity contribution in [2.75, 3.05) is 12.4 Å². The number of nitrogens with zero attached hydrogens (tertiary/aromatic N) is 1. The zero-order chi connectivity index (χ0) is 15.2. The van der Waals surface area contributed by atoms with Gasteiger partial charge in [0.25, 0.3) is 5.91 Å². The zero-order valence-corrected chi connectivity index (χ0v) is 12.7. The van der Waals surface area contributed by atoms with Crippen LogP contribution in [0.3, 0.4) is 0 Å². The summed E-state index contributed by atoms with van der Waals surface area (Å²) in [6.07, 6.45) is 1.56. The van der Waals surface area contributed by atoms with Gasteiger partial charge in [0.15, 0.2) is 0 Å². The Hall–Kier alpha value is -2.04. The highest BCUT2D eigenvalue weighted by molar-refractivity contribution is 6.42. The molecule has 1 N–H and O–H groups in total. The van der Waals surface area contributed by atoms with Crippen LogP contribution < -0.4 is 5.32 Å². The van der Waals surface area contributed by atoms with E-state index in [1.165, 1.54) is 7.11 Å². The topological polar surface area (TPSA) is 50.7 Å². The average molecular weight is 323 g/mol. The first kappa shape index (κ1) is 15.4. The van der Waals surface area contributed by atoms with E-state index in [4.69, 9.17) is 23.2 Å². The van der Waals surface area contributed by atoms with Gasteiger partial charge in [0.05, 0.1) is 16.3 Å². The molecule has 21 heavy (non-hydrogen) atoms. The van der Waals surface area contributed by atoms with Crippen LogP contribution in [0.15, 0.2) is 47.6 Å². The zero-order valence-electron chi connectivity index (χ0n) is 11.1. The highest BCUT2D eigenvalue weighted by Crippen LogP contribution is 2.25. The first-order valence-corrected chi connectivity index (χ1v) is 6.79. The molecule has 0 aliphatic carbocycles. The van der Waals surface area contributed by atoms with E-state index in [9.17, 15) is 4.79 Å². The number of carbonyl (C=O) groups is 1. The molecule has 1 amide bonds. The molecule has 0 unspecified atom stereocenters. The van der Waals surface area contributed by atoms with Gasteiger partial charge in [-0.15, -0.1) is 0 Å². The molecule has 2 aromatic carbocycles. The fourth-order valence-electron chi connectivity index (χ4n) is 1.61. The smallest absolute Gasteiger partial charge is 0.255 e. The van der Waals surface area contributed by atoms with Crippen molar-refractivity contribution in [1.29, 1.82) is 0 Å². The Morgan fingerprint density at radius 1 is 1.14 bits per heavy atom. The van der Waals surface area contributed by atoms with Crippen molar-refractivity contribution < 1.29 is 9.63 Å². The van der Waals surface area contributed by atoms with Crippen LogP contribution in [0.4, 0.5) is 5.69 Å². The molecule has 0 radical (unpaired) electrons. The first-order chi connectivity index (χ1) is 10.1. The van der Waals surface area contributed by atoms with Crippen molar-refractivity contribution in [1.82, 2.24) is 0 Å². The Morgan fingerprint density at radius 2 is 1.86 bits per heavy atom. The second-order valence-electron chi connectivity index (χ2n) is 4.12. The maximum atomic E-state index is 12.1. The molecule has 0 aromatic heterocycles. The lowest BCUT2D eigenvalue weighted by Crippen LogP contribution is -2.11. The minimum Gasteiger partial charge on any atom is -0.399 e. The molecule has 0 aliphatic heterocycles. The molecular weight excluding hydrogens is 311 g/mol. The van der Waals surface area contributed by atoms with Gasteiger partial charge in [0, 0.05) is 11.3 Å². The van der Waals surface area contributed by atoms with Gasteiger partial charge >= 0.3 is 0 Å². The van der Waals surface area contributed by atoms with E-state index in [1.807, 2.05) is 0 Å². The maximum absolute atomic E-state index is 12.1. The van der Waals surface area contributed by atoms with Crippen LogP contribution in [-0.4, -0.2) is 19.2 Å². The fourth-order valence-corrected chi connectivity index (χ4v) is 1.91. The van der Waals surface area contributed by atoms with E-state index in [-0.39, 0.29) is 5.91 Å². The van der Waals surface area contributed by atoms with Crippen LogP contribution in [-0.2, 0) is 4.84 Å². The summed E-state index contributed by atoms with van der Waals surface area (Å²) >= 11 is 11.7. The van der Waals surface area contributed by atoms with Gasteiger partial charge < -0.3 is 10.2 Å². The molecule has 4 nitrogen and oxygen atoms in total. The van der Waals surface area contributed by atoms with Crippen molar-refractivity contribution in [3.63, 3.8) is 0 Å². The number of halogens is 2. The lowest BCUT2D eigenvalue weighted by atomic mass is 10.1. The number of carbonyl (C=O) groups excluding carboxylic acids is 1. The number of hydrogen-bond acceptors (Lipinski definition) is 3. The van der Waals surface area contributed by atoms with Crippen LogP contribution in [0.5, 0.6) is 0 Å². The number of amides is 1. The molecule has 108 valence electrons. The SMILES string of the molecule is CO/N=C/c1ccc(C(=O)Nc2ccc(Cl)c(Cl)c2)cc1. The monoisotopic (exact) mass is 322 g/mol.